The Hall–Kier alpha value is -2.75. The number of nitrogens with one attached hydrogen (secondary N) is 1. The maximum Gasteiger partial charge on any atom is 0.411 e. The molecule has 2 saturated heterocycles. The van der Waals surface area contributed by atoms with Crippen LogP contribution in [0.1, 0.15) is 59.4 Å². The van der Waals surface area contributed by atoms with E-state index in [1.165, 1.54) is 16.7 Å². The largest absolute Gasteiger partial charge is 0.480 e. The lowest BCUT2D eigenvalue weighted by atomic mass is 9.71. The number of carboxylic acid groups (broad SMARTS) is 1. The zero-order chi connectivity index (χ0) is 27.4. The first-order valence-electron chi connectivity index (χ1n) is 12.8. The zero-order valence-electron chi connectivity index (χ0n) is 22.4. The molecule has 3 rings (SSSR count). The Labute approximate surface area is 223 Å². The number of nitrogens with zero attached hydrogens (tertiary/aromatic N) is 2. The maximum atomic E-state index is 13.7. The molecule has 2 aliphatic heterocycles. The second kappa shape index (κ2) is 11.8. The highest BCUT2D eigenvalue weighted by Gasteiger charge is 2.47. The molecular formula is C27H39N3O6S. The van der Waals surface area contributed by atoms with Gasteiger partial charge in [-0.3, -0.25) is 14.5 Å². The molecule has 0 unspecified atom stereocenters. The van der Waals surface area contributed by atoms with Gasteiger partial charge < -0.3 is 20.1 Å². The van der Waals surface area contributed by atoms with Crippen molar-refractivity contribution in [1.82, 2.24) is 15.1 Å². The minimum absolute atomic E-state index is 0.103. The van der Waals surface area contributed by atoms with Gasteiger partial charge in [-0.25, -0.2) is 9.59 Å². The SMILES string of the molecule is CC(C)C[C@H](NC(=O)C1(c2ccccc2)CCN(C(=O)[C@H]2CSCN2C(=O)OC(C)(C)C)CC1)C(=O)O. The number of likely N-dealkylation sites (tertiary alicyclic amines) is 1. The molecule has 2 aliphatic rings. The van der Waals surface area contributed by atoms with E-state index >= 15 is 0 Å². The molecule has 2 heterocycles. The van der Waals surface area contributed by atoms with E-state index in [9.17, 15) is 24.3 Å². The lowest BCUT2D eigenvalue weighted by Gasteiger charge is -2.42. The van der Waals surface area contributed by atoms with E-state index in [2.05, 4.69) is 5.32 Å². The number of amides is 3. The predicted molar refractivity (Wildman–Crippen MR) is 142 cm³/mol. The van der Waals surface area contributed by atoms with Crippen molar-refractivity contribution in [2.24, 2.45) is 5.92 Å². The van der Waals surface area contributed by atoms with E-state index in [0.29, 0.717) is 44.0 Å². The van der Waals surface area contributed by atoms with Crippen LogP contribution < -0.4 is 5.32 Å². The first-order chi connectivity index (χ1) is 17.3. The van der Waals surface area contributed by atoms with Crippen molar-refractivity contribution in [3.8, 4) is 0 Å². The third-order valence-electron chi connectivity index (χ3n) is 6.80. The van der Waals surface area contributed by atoms with Crippen molar-refractivity contribution in [2.75, 3.05) is 24.7 Å². The van der Waals surface area contributed by atoms with Gasteiger partial charge in [0.25, 0.3) is 0 Å². The van der Waals surface area contributed by atoms with Crippen LogP contribution in [0.25, 0.3) is 0 Å². The lowest BCUT2D eigenvalue weighted by Crippen LogP contribution is -2.58. The fraction of sp³-hybridized carbons (Fsp3) is 0.630. The third-order valence-corrected chi connectivity index (χ3v) is 7.81. The summed E-state index contributed by atoms with van der Waals surface area (Å²) in [6.07, 6.45) is 0.538. The number of ether oxygens (including phenoxy) is 1. The fourth-order valence-corrected chi connectivity index (χ4v) is 5.99. The number of hydrogen-bond acceptors (Lipinski definition) is 6. The van der Waals surface area contributed by atoms with Crippen LogP contribution >= 0.6 is 11.8 Å². The number of aliphatic carboxylic acids is 1. The van der Waals surface area contributed by atoms with E-state index in [0.717, 1.165) is 5.56 Å². The average molecular weight is 534 g/mol. The van der Waals surface area contributed by atoms with Crippen LogP contribution in [0.5, 0.6) is 0 Å². The number of benzene rings is 1. The summed E-state index contributed by atoms with van der Waals surface area (Å²) in [5, 5.41) is 12.5. The topological polar surface area (TPSA) is 116 Å². The summed E-state index contributed by atoms with van der Waals surface area (Å²) in [5.41, 5.74) is -0.798. The minimum Gasteiger partial charge on any atom is -0.480 e. The Kier molecular flexibility index (Phi) is 9.15. The first-order valence-corrected chi connectivity index (χ1v) is 13.9. The maximum absolute atomic E-state index is 13.7. The van der Waals surface area contributed by atoms with Crippen molar-refractivity contribution >= 4 is 35.6 Å². The van der Waals surface area contributed by atoms with E-state index in [4.69, 9.17) is 4.74 Å². The third kappa shape index (κ3) is 6.97. The van der Waals surface area contributed by atoms with Gasteiger partial charge in [0.2, 0.25) is 11.8 Å². The molecule has 2 N–H and O–H groups in total. The molecule has 10 heteroatoms. The van der Waals surface area contributed by atoms with Crippen molar-refractivity contribution in [3.63, 3.8) is 0 Å². The van der Waals surface area contributed by atoms with Gasteiger partial charge in [-0.05, 0) is 51.5 Å². The normalized spacial score (nSPS) is 20.4. The van der Waals surface area contributed by atoms with Crippen LogP contribution in [0, 0.1) is 5.92 Å². The Balaban J connectivity index is 1.77. The summed E-state index contributed by atoms with van der Waals surface area (Å²) in [6, 6.07) is 7.76. The predicted octanol–water partition coefficient (Wildman–Crippen LogP) is 3.47. The second-order valence-electron chi connectivity index (χ2n) is 11.2. The van der Waals surface area contributed by atoms with Crippen molar-refractivity contribution in [3.05, 3.63) is 35.9 Å². The highest BCUT2D eigenvalue weighted by Crippen LogP contribution is 2.37. The molecule has 0 spiro atoms. The van der Waals surface area contributed by atoms with E-state index < -0.39 is 35.2 Å². The van der Waals surface area contributed by atoms with Gasteiger partial charge in [0, 0.05) is 18.8 Å². The van der Waals surface area contributed by atoms with Crippen molar-refractivity contribution in [2.45, 2.75) is 77.0 Å². The molecule has 2 fully saturated rings. The summed E-state index contributed by atoms with van der Waals surface area (Å²) >= 11 is 1.51. The van der Waals surface area contributed by atoms with E-state index in [1.807, 2.05) is 44.2 Å². The summed E-state index contributed by atoms with van der Waals surface area (Å²) in [5.74, 6) is -0.549. The molecular weight excluding hydrogens is 494 g/mol. The fourth-order valence-electron chi connectivity index (χ4n) is 4.86. The van der Waals surface area contributed by atoms with Crippen LogP contribution in [0.15, 0.2) is 30.3 Å². The van der Waals surface area contributed by atoms with Gasteiger partial charge in [-0.2, -0.15) is 0 Å². The van der Waals surface area contributed by atoms with Gasteiger partial charge >= 0.3 is 12.1 Å². The van der Waals surface area contributed by atoms with E-state index in [-0.39, 0.29) is 17.7 Å². The molecule has 204 valence electrons. The summed E-state index contributed by atoms with van der Waals surface area (Å²) < 4.78 is 5.50. The molecule has 37 heavy (non-hydrogen) atoms. The highest BCUT2D eigenvalue weighted by atomic mass is 32.2. The number of rotatable bonds is 7. The Morgan fingerprint density at radius 3 is 2.30 bits per heavy atom. The molecule has 1 aromatic rings. The van der Waals surface area contributed by atoms with Crippen LogP contribution in [-0.2, 0) is 24.5 Å². The summed E-state index contributed by atoms with van der Waals surface area (Å²) in [6.45, 7) is 9.86. The van der Waals surface area contributed by atoms with Crippen molar-refractivity contribution in [1.29, 1.82) is 0 Å². The number of piperidine rings is 1. The quantitative estimate of drug-likeness (QED) is 0.551. The number of carbonyl (C=O) groups excluding carboxylic acids is 3. The van der Waals surface area contributed by atoms with Gasteiger partial charge in [-0.15, -0.1) is 11.8 Å². The summed E-state index contributed by atoms with van der Waals surface area (Å²) in [4.78, 5) is 54.9. The zero-order valence-corrected chi connectivity index (χ0v) is 23.2. The summed E-state index contributed by atoms with van der Waals surface area (Å²) in [7, 11) is 0. The Bertz CT molecular complexity index is 986. The monoisotopic (exact) mass is 533 g/mol. The molecule has 0 radical (unpaired) electrons. The lowest BCUT2D eigenvalue weighted by molar-refractivity contribution is -0.144. The van der Waals surface area contributed by atoms with Gasteiger partial charge in [-0.1, -0.05) is 44.2 Å². The van der Waals surface area contributed by atoms with Crippen LogP contribution in [-0.4, -0.2) is 81.2 Å². The van der Waals surface area contributed by atoms with Gasteiger partial charge in [0.15, 0.2) is 0 Å². The Morgan fingerprint density at radius 2 is 1.76 bits per heavy atom. The van der Waals surface area contributed by atoms with Crippen LogP contribution in [0.2, 0.25) is 0 Å². The molecule has 0 aromatic heterocycles. The molecule has 0 bridgehead atoms. The molecule has 0 aliphatic carbocycles. The van der Waals surface area contributed by atoms with E-state index in [1.54, 1.807) is 25.7 Å². The molecule has 2 atom stereocenters. The van der Waals surface area contributed by atoms with Gasteiger partial charge in [0.05, 0.1) is 11.3 Å². The number of thioether (sulfide) groups is 1. The molecule has 3 amide bonds. The Morgan fingerprint density at radius 1 is 1.14 bits per heavy atom. The number of carboxylic acids is 1. The molecule has 1 aromatic carbocycles. The van der Waals surface area contributed by atoms with Crippen molar-refractivity contribution < 1.29 is 29.0 Å². The highest BCUT2D eigenvalue weighted by molar-refractivity contribution is 7.99. The van der Waals surface area contributed by atoms with Crippen LogP contribution in [0.3, 0.4) is 0 Å². The number of hydrogen-bond donors (Lipinski definition) is 2. The number of carbonyl (C=O) groups is 4. The molecule has 9 nitrogen and oxygen atoms in total. The van der Waals surface area contributed by atoms with Crippen LogP contribution in [0.4, 0.5) is 4.79 Å². The average Bonchev–Trinajstić information content (AvgIpc) is 3.32. The molecule has 0 saturated carbocycles. The first kappa shape index (κ1) is 28.8. The van der Waals surface area contributed by atoms with Gasteiger partial charge in [0.1, 0.15) is 17.7 Å². The minimum atomic E-state index is -1.06. The second-order valence-corrected chi connectivity index (χ2v) is 12.2. The smallest absolute Gasteiger partial charge is 0.411 e. The standard InChI is InChI=1S/C27H39N3O6S/c1-18(2)15-20(23(32)33)28-24(34)27(19-9-7-6-8-10-19)11-13-29(14-12-27)22(31)21-16-37-17-30(21)25(35)36-26(3,4)5/h6-10,18,20-21H,11-17H2,1-5H3,(H,28,34)(H,32,33)/t20-,21+/m0/s1.